The number of aromatic nitrogens is 1. The highest BCUT2D eigenvalue weighted by Crippen LogP contribution is 2.21. The Labute approximate surface area is 143 Å². The zero-order chi connectivity index (χ0) is 17.1. The largest absolute Gasteiger partial charge is 0.375 e. The van der Waals surface area contributed by atoms with Crippen LogP contribution in [0, 0.1) is 13.8 Å². The minimum Gasteiger partial charge on any atom is -0.375 e. The Balaban J connectivity index is 1.80. The van der Waals surface area contributed by atoms with Gasteiger partial charge in [0.1, 0.15) is 0 Å². The van der Waals surface area contributed by atoms with Gasteiger partial charge in [0.05, 0.1) is 12.7 Å². The lowest BCUT2D eigenvalue weighted by Gasteiger charge is -2.30. The Morgan fingerprint density at radius 2 is 2.00 bits per heavy atom. The number of rotatable bonds is 3. The van der Waals surface area contributed by atoms with E-state index in [0.29, 0.717) is 19.7 Å². The number of morpholine rings is 1. The van der Waals surface area contributed by atoms with Crippen LogP contribution in [0.1, 0.15) is 23.9 Å². The fraction of sp³-hybridized carbons (Fsp3) is 0.350. The first-order valence-electron chi connectivity index (χ1n) is 8.39. The van der Waals surface area contributed by atoms with Gasteiger partial charge in [-0.15, -0.1) is 0 Å². The van der Waals surface area contributed by atoms with Crippen molar-refractivity contribution in [1.29, 1.82) is 0 Å². The highest BCUT2D eigenvalue weighted by molar-refractivity contribution is 5.92. The molecule has 0 aliphatic carbocycles. The van der Waals surface area contributed by atoms with Crippen LogP contribution in [0.4, 0.5) is 0 Å². The van der Waals surface area contributed by atoms with Crippen molar-refractivity contribution in [3.8, 4) is 5.69 Å². The van der Waals surface area contributed by atoms with Crippen molar-refractivity contribution < 1.29 is 9.53 Å². The lowest BCUT2D eigenvalue weighted by molar-refractivity contribution is -0.132. The van der Waals surface area contributed by atoms with Crippen molar-refractivity contribution >= 4 is 12.0 Å². The van der Waals surface area contributed by atoms with Crippen LogP contribution in [0.2, 0.25) is 0 Å². The molecule has 2 aromatic rings. The van der Waals surface area contributed by atoms with Crippen LogP contribution in [-0.4, -0.2) is 41.2 Å². The Morgan fingerprint density at radius 1 is 1.25 bits per heavy atom. The number of benzene rings is 1. The summed E-state index contributed by atoms with van der Waals surface area (Å²) >= 11 is 0. The highest BCUT2D eigenvalue weighted by atomic mass is 16.5. The second-order valence-corrected chi connectivity index (χ2v) is 6.30. The molecule has 4 nitrogen and oxygen atoms in total. The van der Waals surface area contributed by atoms with Gasteiger partial charge in [0.2, 0.25) is 5.91 Å². The molecule has 1 saturated heterocycles. The fourth-order valence-corrected chi connectivity index (χ4v) is 3.22. The van der Waals surface area contributed by atoms with Crippen LogP contribution < -0.4 is 0 Å². The second kappa shape index (κ2) is 7.05. The van der Waals surface area contributed by atoms with Gasteiger partial charge < -0.3 is 14.2 Å². The van der Waals surface area contributed by atoms with E-state index in [-0.39, 0.29) is 12.0 Å². The van der Waals surface area contributed by atoms with Crippen molar-refractivity contribution in [3.63, 3.8) is 0 Å². The third-order valence-electron chi connectivity index (χ3n) is 4.44. The first kappa shape index (κ1) is 16.5. The van der Waals surface area contributed by atoms with Crippen LogP contribution in [0.3, 0.4) is 0 Å². The van der Waals surface area contributed by atoms with Gasteiger partial charge in [0, 0.05) is 36.2 Å². The number of carbonyl (C=O) groups excluding carboxylic acids is 1. The smallest absolute Gasteiger partial charge is 0.246 e. The number of hydrogen-bond donors (Lipinski definition) is 0. The molecule has 4 heteroatoms. The zero-order valence-electron chi connectivity index (χ0n) is 14.5. The maximum Gasteiger partial charge on any atom is 0.246 e. The van der Waals surface area contributed by atoms with Gasteiger partial charge in [-0.25, -0.2) is 0 Å². The Bertz CT molecular complexity index is 746. The summed E-state index contributed by atoms with van der Waals surface area (Å²) < 4.78 is 7.70. The number of amides is 1. The summed E-state index contributed by atoms with van der Waals surface area (Å²) in [5.74, 6) is 0.0506. The van der Waals surface area contributed by atoms with Gasteiger partial charge in [-0.3, -0.25) is 4.79 Å². The minimum absolute atomic E-state index is 0.0506. The maximum atomic E-state index is 12.4. The number of aryl methyl sites for hydroxylation is 1. The molecular weight excluding hydrogens is 300 g/mol. The number of hydrogen-bond acceptors (Lipinski definition) is 2. The molecule has 0 bridgehead atoms. The van der Waals surface area contributed by atoms with Crippen molar-refractivity contribution in [2.24, 2.45) is 0 Å². The summed E-state index contributed by atoms with van der Waals surface area (Å²) in [7, 11) is 0. The van der Waals surface area contributed by atoms with E-state index in [4.69, 9.17) is 4.74 Å². The number of para-hydroxylation sites is 1. The Hall–Kier alpha value is -2.33. The summed E-state index contributed by atoms with van der Waals surface area (Å²) in [6.07, 6.45) is 3.71. The van der Waals surface area contributed by atoms with E-state index in [1.54, 1.807) is 6.08 Å². The number of ether oxygens (including phenoxy) is 1. The van der Waals surface area contributed by atoms with Gasteiger partial charge >= 0.3 is 0 Å². The predicted octanol–water partition coefficient (Wildman–Crippen LogP) is 3.35. The fourth-order valence-electron chi connectivity index (χ4n) is 3.22. The topological polar surface area (TPSA) is 34.5 Å². The highest BCUT2D eigenvalue weighted by Gasteiger charge is 2.19. The molecule has 3 rings (SSSR count). The van der Waals surface area contributed by atoms with Crippen LogP contribution >= 0.6 is 0 Å². The normalized spacial score (nSPS) is 18.3. The molecule has 126 valence electrons. The van der Waals surface area contributed by atoms with Crippen molar-refractivity contribution in [3.05, 3.63) is 59.4 Å². The third-order valence-corrected chi connectivity index (χ3v) is 4.44. The number of carbonyl (C=O) groups is 1. The van der Waals surface area contributed by atoms with Gasteiger partial charge in [-0.2, -0.15) is 0 Å². The first-order chi connectivity index (χ1) is 11.6. The molecule has 1 aliphatic heterocycles. The van der Waals surface area contributed by atoms with E-state index in [2.05, 4.69) is 36.6 Å². The Morgan fingerprint density at radius 3 is 2.71 bits per heavy atom. The molecule has 1 unspecified atom stereocenters. The molecule has 0 saturated carbocycles. The summed E-state index contributed by atoms with van der Waals surface area (Å²) in [6.45, 7) is 8.10. The lowest BCUT2D eigenvalue weighted by Crippen LogP contribution is -2.43. The number of nitrogens with zero attached hydrogens (tertiary/aromatic N) is 2. The van der Waals surface area contributed by atoms with Crippen LogP contribution in [-0.2, 0) is 9.53 Å². The van der Waals surface area contributed by atoms with E-state index in [9.17, 15) is 4.79 Å². The molecule has 0 spiro atoms. The van der Waals surface area contributed by atoms with E-state index in [0.717, 1.165) is 22.6 Å². The van der Waals surface area contributed by atoms with Crippen LogP contribution in [0.25, 0.3) is 11.8 Å². The molecule has 1 atom stereocenters. The average molecular weight is 324 g/mol. The molecular formula is C20H24N2O2. The van der Waals surface area contributed by atoms with E-state index in [1.807, 2.05) is 36.1 Å². The van der Waals surface area contributed by atoms with Gasteiger partial charge in [-0.05, 0) is 50.6 Å². The molecule has 1 aliphatic rings. The first-order valence-corrected chi connectivity index (χ1v) is 8.39. The summed E-state index contributed by atoms with van der Waals surface area (Å²) in [4.78, 5) is 14.2. The molecule has 1 aromatic heterocycles. The molecule has 1 aromatic carbocycles. The quantitative estimate of drug-likeness (QED) is 0.812. The average Bonchev–Trinajstić information content (AvgIpc) is 2.87. The lowest BCUT2D eigenvalue weighted by atomic mass is 10.2. The van der Waals surface area contributed by atoms with Crippen molar-refractivity contribution in [1.82, 2.24) is 9.47 Å². The SMILES string of the molecule is Cc1cc(/C=C/C(=O)N2CCOC(C)C2)c(C)n1-c1ccccc1. The van der Waals surface area contributed by atoms with E-state index < -0.39 is 0 Å². The van der Waals surface area contributed by atoms with Crippen molar-refractivity contribution in [2.75, 3.05) is 19.7 Å². The Kier molecular flexibility index (Phi) is 4.86. The van der Waals surface area contributed by atoms with Gasteiger partial charge in [-0.1, -0.05) is 18.2 Å². The molecule has 2 heterocycles. The van der Waals surface area contributed by atoms with Gasteiger partial charge in [0.25, 0.3) is 0 Å². The van der Waals surface area contributed by atoms with Crippen LogP contribution in [0.15, 0.2) is 42.5 Å². The van der Waals surface area contributed by atoms with Crippen molar-refractivity contribution in [2.45, 2.75) is 26.9 Å². The summed E-state index contributed by atoms with van der Waals surface area (Å²) in [5, 5.41) is 0. The molecule has 24 heavy (non-hydrogen) atoms. The summed E-state index contributed by atoms with van der Waals surface area (Å²) in [6, 6.07) is 12.4. The van der Waals surface area contributed by atoms with E-state index in [1.165, 1.54) is 0 Å². The standard InChI is InChI=1S/C20H24N2O2/c1-15-13-18(17(3)22(15)19-7-5-4-6-8-19)9-10-20(23)21-11-12-24-16(2)14-21/h4-10,13,16H,11-12,14H2,1-3H3/b10-9+. The monoisotopic (exact) mass is 324 g/mol. The molecule has 0 N–H and O–H groups in total. The molecule has 0 radical (unpaired) electrons. The zero-order valence-corrected chi connectivity index (χ0v) is 14.5. The third kappa shape index (κ3) is 3.44. The van der Waals surface area contributed by atoms with Crippen LogP contribution in [0.5, 0.6) is 0 Å². The molecule has 1 amide bonds. The minimum atomic E-state index is 0.0506. The summed E-state index contributed by atoms with van der Waals surface area (Å²) in [5.41, 5.74) is 4.51. The second-order valence-electron chi connectivity index (χ2n) is 6.30. The van der Waals surface area contributed by atoms with E-state index >= 15 is 0 Å². The van der Waals surface area contributed by atoms with Gasteiger partial charge in [0.15, 0.2) is 0 Å². The maximum absolute atomic E-state index is 12.4. The predicted molar refractivity (Wildman–Crippen MR) is 96.3 cm³/mol. The molecule has 1 fully saturated rings.